The second kappa shape index (κ2) is 12.8. The van der Waals surface area contributed by atoms with Crippen molar-refractivity contribution in [1.82, 2.24) is 20.4 Å². The molecule has 0 aliphatic carbocycles. The molecule has 0 saturated carbocycles. The second-order valence-corrected chi connectivity index (χ2v) is 8.46. The number of halogens is 4. The molecule has 2 saturated heterocycles. The summed E-state index contributed by atoms with van der Waals surface area (Å²) in [5.74, 6) is 0.890. The van der Waals surface area contributed by atoms with Crippen LogP contribution in [0.2, 0.25) is 0 Å². The molecule has 3 rings (SSSR count). The molecule has 1 unspecified atom stereocenters. The van der Waals surface area contributed by atoms with Gasteiger partial charge >= 0.3 is 6.18 Å². The quantitative estimate of drug-likeness (QED) is 0.306. The van der Waals surface area contributed by atoms with Crippen molar-refractivity contribution in [3.8, 4) is 0 Å². The lowest BCUT2D eigenvalue weighted by Crippen LogP contribution is -2.40. The van der Waals surface area contributed by atoms with Gasteiger partial charge in [-0.3, -0.25) is 14.8 Å². The van der Waals surface area contributed by atoms with Crippen LogP contribution in [0, 0.1) is 5.92 Å². The van der Waals surface area contributed by atoms with E-state index in [4.69, 9.17) is 0 Å². The van der Waals surface area contributed by atoms with E-state index in [-0.39, 0.29) is 29.9 Å². The Morgan fingerprint density at radius 1 is 1.00 bits per heavy atom. The molecule has 31 heavy (non-hydrogen) atoms. The summed E-state index contributed by atoms with van der Waals surface area (Å²) in [5.41, 5.74) is 2.52. The van der Waals surface area contributed by atoms with Crippen LogP contribution in [0.3, 0.4) is 0 Å². The molecule has 1 aromatic rings. The Hall–Kier alpha value is -1.07. The average Bonchev–Trinajstić information content (AvgIpc) is 3.15. The van der Waals surface area contributed by atoms with Crippen molar-refractivity contribution in [3.05, 3.63) is 35.4 Å². The van der Waals surface area contributed by atoms with Gasteiger partial charge in [0.1, 0.15) is 0 Å². The highest BCUT2D eigenvalue weighted by atomic mass is 127. The molecule has 0 radical (unpaired) electrons. The SMILES string of the molecule is CN=C(NCc1ccc(CN2CCCCC2)cc1)NCC1CCN(CC(F)(F)F)C1.I. The molecule has 0 bridgehead atoms. The zero-order valence-electron chi connectivity index (χ0n) is 18.3. The van der Waals surface area contributed by atoms with Gasteiger partial charge in [-0.25, -0.2) is 0 Å². The molecule has 0 amide bonds. The van der Waals surface area contributed by atoms with Gasteiger partial charge in [0.25, 0.3) is 0 Å². The first-order valence-electron chi connectivity index (χ1n) is 10.9. The number of nitrogens with zero attached hydrogens (tertiary/aromatic N) is 3. The van der Waals surface area contributed by atoms with Crippen LogP contribution in [-0.2, 0) is 13.1 Å². The third-order valence-corrected chi connectivity index (χ3v) is 5.89. The van der Waals surface area contributed by atoms with E-state index in [1.165, 1.54) is 48.4 Å². The summed E-state index contributed by atoms with van der Waals surface area (Å²) in [6.07, 6.45) is 0.607. The van der Waals surface area contributed by atoms with Crippen molar-refractivity contribution >= 4 is 29.9 Å². The maximum atomic E-state index is 12.5. The van der Waals surface area contributed by atoms with Crippen LogP contribution < -0.4 is 10.6 Å². The predicted octanol–water partition coefficient (Wildman–Crippen LogP) is 3.84. The largest absolute Gasteiger partial charge is 0.401 e. The van der Waals surface area contributed by atoms with Gasteiger partial charge in [0.15, 0.2) is 5.96 Å². The van der Waals surface area contributed by atoms with Gasteiger partial charge in [0.2, 0.25) is 0 Å². The molecule has 1 aromatic carbocycles. The highest BCUT2D eigenvalue weighted by molar-refractivity contribution is 14.0. The minimum atomic E-state index is -4.12. The molecule has 1 atom stereocenters. The monoisotopic (exact) mass is 553 g/mol. The smallest absolute Gasteiger partial charge is 0.356 e. The number of piperidine rings is 1. The average molecular weight is 553 g/mol. The summed E-state index contributed by atoms with van der Waals surface area (Å²) in [4.78, 5) is 8.23. The number of benzene rings is 1. The fourth-order valence-electron chi connectivity index (χ4n) is 4.26. The Bertz CT molecular complexity index is 675. The highest BCUT2D eigenvalue weighted by Crippen LogP contribution is 2.22. The first-order chi connectivity index (χ1) is 14.4. The molecule has 2 aliphatic rings. The molecule has 0 spiro atoms. The highest BCUT2D eigenvalue weighted by Gasteiger charge is 2.34. The number of hydrogen-bond donors (Lipinski definition) is 2. The molecule has 2 heterocycles. The van der Waals surface area contributed by atoms with E-state index in [9.17, 15) is 13.2 Å². The lowest BCUT2D eigenvalue weighted by molar-refractivity contribution is -0.143. The third-order valence-electron chi connectivity index (χ3n) is 5.89. The standard InChI is InChI=1S/C22H34F3N5.HI/c1-26-21(28-14-20-9-12-30(16-20)17-22(23,24)25)27-13-18-5-7-19(8-6-18)15-29-10-3-2-4-11-29;/h5-8,20H,2-4,9-17H2,1H3,(H2,26,27,28);1H. The van der Waals surface area contributed by atoms with Crippen LogP contribution in [0.5, 0.6) is 0 Å². The Morgan fingerprint density at radius 3 is 2.32 bits per heavy atom. The van der Waals surface area contributed by atoms with Gasteiger partial charge in [-0.05, 0) is 55.9 Å². The number of nitrogens with one attached hydrogen (secondary N) is 2. The van der Waals surface area contributed by atoms with Crippen LogP contribution in [0.25, 0.3) is 0 Å². The van der Waals surface area contributed by atoms with E-state index in [1.54, 1.807) is 7.05 Å². The number of aliphatic imine (C=N–C) groups is 1. The Balaban J connectivity index is 0.00000341. The fraction of sp³-hybridized carbons (Fsp3) is 0.682. The number of alkyl halides is 3. The lowest BCUT2D eigenvalue weighted by Gasteiger charge is -2.26. The van der Waals surface area contributed by atoms with Gasteiger partial charge in [-0.1, -0.05) is 30.7 Å². The van der Waals surface area contributed by atoms with Crippen LogP contribution in [0.4, 0.5) is 13.2 Å². The molecular weight excluding hydrogens is 518 g/mol. The molecule has 2 fully saturated rings. The molecule has 2 N–H and O–H groups in total. The van der Waals surface area contributed by atoms with Crippen molar-refractivity contribution in [2.45, 2.75) is 44.9 Å². The Kier molecular flexibility index (Phi) is 10.8. The number of rotatable bonds is 7. The maximum Gasteiger partial charge on any atom is 0.401 e. The zero-order valence-corrected chi connectivity index (χ0v) is 20.6. The summed E-state index contributed by atoms with van der Waals surface area (Å²) in [7, 11) is 1.71. The van der Waals surface area contributed by atoms with Gasteiger partial charge in [-0.15, -0.1) is 24.0 Å². The van der Waals surface area contributed by atoms with Crippen molar-refractivity contribution in [3.63, 3.8) is 0 Å². The topological polar surface area (TPSA) is 42.9 Å². The molecule has 0 aromatic heterocycles. The van der Waals surface area contributed by atoms with Crippen LogP contribution in [-0.4, -0.2) is 68.3 Å². The first-order valence-corrected chi connectivity index (χ1v) is 10.9. The minimum absolute atomic E-state index is 0. The lowest BCUT2D eigenvalue weighted by atomic mass is 10.1. The summed E-state index contributed by atoms with van der Waals surface area (Å²) in [6.45, 7) is 4.86. The van der Waals surface area contributed by atoms with E-state index in [1.807, 2.05) is 0 Å². The van der Waals surface area contributed by atoms with E-state index in [0.29, 0.717) is 32.1 Å². The molecule has 2 aliphatic heterocycles. The summed E-state index contributed by atoms with van der Waals surface area (Å²) in [6, 6.07) is 8.67. The number of hydrogen-bond acceptors (Lipinski definition) is 3. The summed E-state index contributed by atoms with van der Waals surface area (Å²) in [5, 5.41) is 6.55. The number of guanidine groups is 1. The third kappa shape index (κ3) is 9.53. The van der Waals surface area contributed by atoms with Gasteiger partial charge in [0.05, 0.1) is 6.54 Å². The fourth-order valence-corrected chi connectivity index (χ4v) is 4.26. The Morgan fingerprint density at radius 2 is 1.68 bits per heavy atom. The molecular formula is C22H35F3IN5. The minimum Gasteiger partial charge on any atom is -0.356 e. The van der Waals surface area contributed by atoms with Crippen molar-refractivity contribution in [2.24, 2.45) is 10.9 Å². The first kappa shape index (κ1) is 26.2. The van der Waals surface area contributed by atoms with Gasteiger partial charge in [-0.2, -0.15) is 13.2 Å². The van der Waals surface area contributed by atoms with E-state index in [0.717, 1.165) is 13.0 Å². The van der Waals surface area contributed by atoms with E-state index >= 15 is 0 Å². The second-order valence-electron chi connectivity index (χ2n) is 8.46. The zero-order chi connectivity index (χ0) is 21.4. The summed E-state index contributed by atoms with van der Waals surface area (Å²) >= 11 is 0. The maximum absolute atomic E-state index is 12.5. The van der Waals surface area contributed by atoms with Gasteiger partial charge < -0.3 is 10.6 Å². The van der Waals surface area contributed by atoms with Crippen molar-refractivity contribution in [1.29, 1.82) is 0 Å². The predicted molar refractivity (Wildman–Crippen MR) is 130 cm³/mol. The normalized spacial score (nSPS) is 21.0. The van der Waals surface area contributed by atoms with Crippen molar-refractivity contribution in [2.75, 3.05) is 46.3 Å². The molecule has 5 nitrogen and oxygen atoms in total. The molecule has 9 heteroatoms. The van der Waals surface area contributed by atoms with Crippen molar-refractivity contribution < 1.29 is 13.2 Å². The van der Waals surface area contributed by atoms with Gasteiger partial charge in [0, 0.05) is 33.2 Å². The van der Waals surface area contributed by atoms with Crippen LogP contribution in [0.15, 0.2) is 29.3 Å². The Labute approximate surface area is 200 Å². The van der Waals surface area contributed by atoms with E-state index < -0.39 is 12.7 Å². The number of likely N-dealkylation sites (tertiary alicyclic amines) is 2. The van der Waals surface area contributed by atoms with E-state index in [2.05, 4.69) is 44.8 Å². The summed E-state index contributed by atoms with van der Waals surface area (Å²) < 4.78 is 37.6. The van der Waals surface area contributed by atoms with Crippen LogP contribution >= 0.6 is 24.0 Å². The molecule has 176 valence electrons. The van der Waals surface area contributed by atoms with Crippen LogP contribution in [0.1, 0.15) is 36.8 Å².